The van der Waals surface area contributed by atoms with Crippen molar-refractivity contribution in [2.75, 3.05) is 0 Å². The van der Waals surface area contributed by atoms with Crippen molar-refractivity contribution >= 4 is 5.78 Å². The third kappa shape index (κ3) is 2.05. The van der Waals surface area contributed by atoms with Crippen LogP contribution in [0.2, 0.25) is 0 Å². The molecule has 0 fully saturated rings. The van der Waals surface area contributed by atoms with Crippen molar-refractivity contribution in [3.05, 3.63) is 0 Å². The molecule has 0 aliphatic carbocycles. The van der Waals surface area contributed by atoms with Crippen LogP contribution in [0.4, 0.5) is 8.78 Å². The molecule has 0 aliphatic rings. The number of alkyl halides is 2. The van der Waals surface area contributed by atoms with Crippen molar-refractivity contribution in [2.24, 2.45) is 5.92 Å². The lowest BCUT2D eigenvalue weighted by molar-refractivity contribution is -0.146. The number of hydrogen-bond acceptors (Lipinski definition) is 1. The van der Waals surface area contributed by atoms with E-state index in [1.165, 1.54) is 20.8 Å². The van der Waals surface area contributed by atoms with Gasteiger partial charge in [0.25, 0.3) is 0 Å². The zero-order valence-corrected chi connectivity index (χ0v) is 6.45. The number of hydrogen-bond donors (Lipinski definition) is 0. The molecule has 0 amide bonds. The Bertz CT molecular complexity index is 130. The Balaban J connectivity index is 4.19. The Kier molecular flexibility index (Phi) is 2.94. The van der Waals surface area contributed by atoms with Gasteiger partial charge in [-0.15, -0.1) is 0 Å². The molecule has 0 rings (SSSR count). The van der Waals surface area contributed by atoms with E-state index in [1.54, 1.807) is 0 Å². The van der Waals surface area contributed by atoms with E-state index < -0.39 is 24.0 Å². The molecule has 3 heteroatoms. The Morgan fingerprint density at radius 2 is 1.90 bits per heavy atom. The minimum absolute atomic E-state index is 0.399. The monoisotopic (exact) mass is 150 g/mol. The quantitative estimate of drug-likeness (QED) is 0.603. The van der Waals surface area contributed by atoms with Gasteiger partial charge in [-0.25, -0.2) is 0 Å². The molecule has 0 bridgehead atoms. The van der Waals surface area contributed by atoms with Crippen LogP contribution in [0, 0.1) is 5.92 Å². The minimum atomic E-state index is -3.12. The molecular formula is C7H12F2O. The first-order valence-corrected chi connectivity index (χ1v) is 3.34. The van der Waals surface area contributed by atoms with Crippen molar-refractivity contribution in [2.45, 2.75) is 33.1 Å². The van der Waals surface area contributed by atoms with Gasteiger partial charge in [-0.3, -0.25) is 4.79 Å². The van der Waals surface area contributed by atoms with Crippen molar-refractivity contribution in [1.29, 1.82) is 0 Å². The largest absolute Gasteiger partial charge is 0.305 e. The highest BCUT2D eigenvalue weighted by Crippen LogP contribution is 2.22. The van der Waals surface area contributed by atoms with Crippen molar-refractivity contribution in [1.82, 2.24) is 0 Å². The minimum Gasteiger partial charge on any atom is -0.293 e. The van der Waals surface area contributed by atoms with Crippen LogP contribution in [0.3, 0.4) is 0 Å². The topological polar surface area (TPSA) is 17.1 Å². The van der Waals surface area contributed by atoms with E-state index in [-0.39, 0.29) is 0 Å². The van der Waals surface area contributed by atoms with Gasteiger partial charge >= 0.3 is 5.92 Å². The van der Waals surface area contributed by atoms with Crippen LogP contribution in [0.25, 0.3) is 0 Å². The van der Waals surface area contributed by atoms with Crippen LogP contribution in [0.15, 0.2) is 0 Å². The van der Waals surface area contributed by atoms with Gasteiger partial charge in [0, 0.05) is 12.3 Å². The normalized spacial score (nSPS) is 12.2. The number of Topliss-reactive ketones (excluding diaryl/α,β-unsaturated/α-hetero) is 1. The van der Waals surface area contributed by atoms with E-state index in [1.807, 2.05) is 0 Å². The second-order valence-electron chi connectivity index (χ2n) is 2.58. The third-order valence-corrected chi connectivity index (χ3v) is 1.33. The van der Waals surface area contributed by atoms with Crippen LogP contribution in [0.5, 0.6) is 0 Å². The summed E-state index contributed by atoms with van der Waals surface area (Å²) < 4.78 is 24.9. The summed E-state index contributed by atoms with van der Waals surface area (Å²) in [6, 6.07) is 0. The van der Waals surface area contributed by atoms with Gasteiger partial charge in [-0.1, -0.05) is 20.8 Å². The first-order chi connectivity index (χ1) is 4.41. The molecule has 60 valence electrons. The van der Waals surface area contributed by atoms with Crippen LogP contribution in [-0.2, 0) is 4.79 Å². The standard InChI is InChI=1S/C7H12F2O/c1-4-7(8,9)6(10)5(2)3/h5H,4H2,1-3H3. The molecule has 10 heavy (non-hydrogen) atoms. The van der Waals surface area contributed by atoms with Gasteiger partial charge in [0.1, 0.15) is 0 Å². The van der Waals surface area contributed by atoms with Crippen molar-refractivity contribution in [3.8, 4) is 0 Å². The zero-order chi connectivity index (χ0) is 8.36. The molecular weight excluding hydrogens is 138 g/mol. The number of carbonyl (C=O) groups is 1. The summed E-state index contributed by atoms with van der Waals surface area (Å²) in [5, 5.41) is 0. The number of halogens is 2. The highest BCUT2D eigenvalue weighted by molar-refractivity contribution is 5.87. The van der Waals surface area contributed by atoms with Crippen molar-refractivity contribution < 1.29 is 13.6 Å². The Labute approximate surface area is 59.4 Å². The van der Waals surface area contributed by atoms with E-state index in [0.29, 0.717) is 0 Å². The lowest BCUT2D eigenvalue weighted by atomic mass is 10.0. The first-order valence-electron chi connectivity index (χ1n) is 3.34. The Morgan fingerprint density at radius 1 is 1.50 bits per heavy atom. The van der Waals surface area contributed by atoms with E-state index >= 15 is 0 Å². The van der Waals surface area contributed by atoms with Gasteiger partial charge in [-0.2, -0.15) is 8.78 Å². The summed E-state index contributed by atoms with van der Waals surface area (Å²) in [6.07, 6.45) is -0.399. The van der Waals surface area contributed by atoms with E-state index in [0.717, 1.165) is 0 Å². The highest BCUT2D eigenvalue weighted by atomic mass is 19.3. The molecule has 0 saturated heterocycles. The van der Waals surface area contributed by atoms with Crippen LogP contribution in [-0.4, -0.2) is 11.7 Å². The first kappa shape index (κ1) is 9.53. The maximum absolute atomic E-state index is 12.4. The maximum Gasteiger partial charge on any atom is 0.305 e. The molecule has 0 heterocycles. The molecule has 0 aromatic heterocycles. The lowest BCUT2D eigenvalue weighted by Gasteiger charge is -2.14. The van der Waals surface area contributed by atoms with Gasteiger partial charge in [0.05, 0.1) is 0 Å². The molecule has 1 nitrogen and oxygen atoms in total. The second kappa shape index (κ2) is 3.08. The molecule has 0 aromatic carbocycles. The summed E-state index contributed by atoms with van der Waals surface area (Å²) in [7, 11) is 0. The zero-order valence-electron chi connectivity index (χ0n) is 6.45. The predicted molar refractivity (Wildman–Crippen MR) is 35.1 cm³/mol. The smallest absolute Gasteiger partial charge is 0.293 e. The van der Waals surface area contributed by atoms with Crippen LogP contribution >= 0.6 is 0 Å². The fourth-order valence-corrected chi connectivity index (χ4v) is 0.597. The van der Waals surface area contributed by atoms with E-state index in [9.17, 15) is 13.6 Å². The van der Waals surface area contributed by atoms with Gasteiger partial charge in [0.15, 0.2) is 0 Å². The summed E-state index contributed by atoms with van der Waals surface area (Å²) in [6.45, 7) is 4.26. The lowest BCUT2D eigenvalue weighted by Crippen LogP contribution is -2.31. The molecule has 0 saturated carbocycles. The number of ketones is 1. The van der Waals surface area contributed by atoms with E-state index in [2.05, 4.69) is 0 Å². The fraction of sp³-hybridized carbons (Fsp3) is 0.857. The van der Waals surface area contributed by atoms with Gasteiger partial charge < -0.3 is 0 Å². The fourth-order valence-electron chi connectivity index (χ4n) is 0.597. The molecule has 0 atom stereocenters. The van der Waals surface area contributed by atoms with E-state index in [4.69, 9.17) is 0 Å². The molecule has 0 aromatic rings. The second-order valence-corrected chi connectivity index (χ2v) is 2.58. The third-order valence-electron chi connectivity index (χ3n) is 1.33. The number of rotatable bonds is 3. The Morgan fingerprint density at radius 3 is 2.00 bits per heavy atom. The average Bonchev–Trinajstić information content (AvgIpc) is 1.86. The highest BCUT2D eigenvalue weighted by Gasteiger charge is 2.37. The molecule has 0 spiro atoms. The SMILES string of the molecule is CCC(F)(F)C(=O)C(C)C. The van der Waals surface area contributed by atoms with Gasteiger partial charge in [-0.05, 0) is 0 Å². The summed E-state index contributed by atoms with van der Waals surface area (Å²) >= 11 is 0. The number of carbonyl (C=O) groups excluding carboxylic acids is 1. The maximum atomic E-state index is 12.4. The van der Waals surface area contributed by atoms with Crippen molar-refractivity contribution in [3.63, 3.8) is 0 Å². The van der Waals surface area contributed by atoms with Gasteiger partial charge in [0.2, 0.25) is 5.78 Å². The summed E-state index contributed by atoms with van der Waals surface area (Å²) in [5.41, 5.74) is 0. The summed E-state index contributed by atoms with van der Waals surface area (Å²) in [4.78, 5) is 10.6. The average molecular weight is 150 g/mol. The molecule has 0 N–H and O–H groups in total. The Hall–Kier alpha value is -0.470. The van der Waals surface area contributed by atoms with Crippen LogP contribution < -0.4 is 0 Å². The molecule has 0 unspecified atom stereocenters. The molecule has 0 radical (unpaired) electrons. The molecule has 0 aliphatic heterocycles. The van der Waals surface area contributed by atoms with Crippen LogP contribution in [0.1, 0.15) is 27.2 Å². The summed E-state index contributed by atoms with van der Waals surface area (Å²) in [5.74, 6) is -4.65. The predicted octanol–water partition coefficient (Wildman–Crippen LogP) is 2.26.